The van der Waals surface area contributed by atoms with Gasteiger partial charge in [0.1, 0.15) is 0 Å². The Bertz CT molecular complexity index is 1710. The highest BCUT2D eigenvalue weighted by Crippen LogP contribution is 2.29. The minimum Gasteiger partial charge on any atom is -0.287 e. The molecule has 0 spiro atoms. The fourth-order valence-electron chi connectivity index (χ4n) is 3.71. The smallest absolute Gasteiger partial charge is 0.269 e. The van der Waals surface area contributed by atoms with Gasteiger partial charge in [-0.1, -0.05) is 18.2 Å². The van der Waals surface area contributed by atoms with Gasteiger partial charge in [0.15, 0.2) is 5.65 Å². The molecule has 0 atom stereocenters. The van der Waals surface area contributed by atoms with Crippen LogP contribution in [0.4, 0.5) is 11.4 Å². The second-order valence-electron chi connectivity index (χ2n) is 7.70. The van der Waals surface area contributed by atoms with Crippen LogP contribution >= 0.6 is 11.3 Å². The fraction of sp³-hybridized carbons (Fsp3) is 0.0417. The Labute approximate surface area is 209 Å². The number of anilines is 1. The summed E-state index contributed by atoms with van der Waals surface area (Å²) in [4.78, 5) is 28.0. The number of carbonyl (C=O) groups excluding carboxylic acids is 1. The SMILES string of the molecule is CN(c1cccc(-c2ccnc3c(C(=O)c4cccs4)cnn23)c1)S(=O)(=O)c1ccc([N+](=O)[O-])cc1. The van der Waals surface area contributed by atoms with Gasteiger partial charge < -0.3 is 0 Å². The van der Waals surface area contributed by atoms with Crippen LogP contribution in [-0.2, 0) is 10.0 Å². The van der Waals surface area contributed by atoms with E-state index in [1.807, 2.05) is 5.38 Å². The van der Waals surface area contributed by atoms with Gasteiger partial charge in [-0.05, 0) is 41.8 Å². The molecule has 0 fully saturated rings. The van der Waals surface area contributed by atoms with Gasteiger partial charge in [0.2, 0.25) is 5.78 Å². The normalized spacial score (nSPS) is 11.5. The van der Waals surface area contributed by atoms with E-state index >= 15 is 0 Å². The van der Waals surface area contributed by atoms with E-state index in [-0.39, 0.29) is 16.4 Å². The number of sulfonamides is 1. The first-order chi connectivity index (χ1) is 17.3. The van der Waals surface area contributed by atoms with Crippen LogP contribution in [-0.4, -0.2) is 40.8 Å². The molecular weight excluding hydrogens is 502 g/mol. The Hall–Kier alpha value is -4.42. The van der Waals surface area contributed by atoms with Crippen molar-refractivity contribution >= 4 is 44.2 Å². The number of benzene rings is 2. The predicted octanol–water partition coefficient (Wildman–Crippen LogP) is 4.42. The third kappa shape index (κ3) is 4.01. The van der Waals surface area contributed by atoms with Gasteiger partial charge in [-0.15, -0.1) is 11.3 Å². The molecule has 2 aromatic carbocycles. The van der Waals surface area contributed by atoms with Crippen LogP contribution in [0.25, 0.3) is 16.9 Å². The molecule has 3 aromatic heterocycles. The van der Waals surface area contributed by atoms with Crippen molar-refractivity contribution in [2.45, 2.75) is 4.90 Å². The van der Waals surface area contributed by atoms with Crippen LogP contribution in [0.1, 0.15) is 15.2 Å². The number of hydrogen-bond donors (Lipinski definition) is 0. The van der Waals surface area contributed by atoms with Crippen molar-refractivity contribution in [3.8, 4) is 11.3 Å². The summed E-state index contributed by atoms with van der Waals surface area (Å²) in [5.41, 5.74) is 2.21. The third-order valence-corrected chi connectivity index (χ3v) is 8.27. The van der Waals surface area contributed by atoms with E-state index in [4.69, 9.17) is 0 Å². The molecule has 3 heterocycles. The highest BCUT2D eigenvalue weighted by molar-refractivity contribution is 7.92. The Morgan fingerprint density at radius 3 is 2.56 bits per heavy atom. The molecular formula is C24H17N5O5S2. The molecule has 5 aromatic rings. The summed E-state index contributed by atoms with van der Waals surface area (Å²) >= 11 is 1.34. The number of nitro groups is 1. The van der Waals surface area contributed by atoms with E-state index in [1.165, 1.54) is 36.7 Å². The monoisotopic (exact) mass is 519 g/mol. The maximum atomic E-state index is 13.2. The molecule has 5 rings (SSSR count). The van der Waals surface area contributed by atoms with Crippen LogP contribution < -0.4 is 4.31 Å². The molecule has 180 valence electrons. The van der Waals surface area contributed by atoms with Crippen molar-refractivity contribution in [2.75, 3.05) is 11.4 Å². The van der Waals surface area contributed by atoms with Crippen molar-refractivity contribution in [1.82, 2.24) is 14.6 Å². The summed E-state index contributed by atoms with van der Waals surface area (Å²) < 4.78 is 29.0. The van der Waals surface area contributed by atoms with Gasteiger partial charge in [-0.2, -0.15) is 5.10 Å². The third-order valence-electron chi connectivity index (χ3n) is 5.60. The Balaban J connectivity index is 1.51. The number of thiophene rings is 1. The van der Waals surface area contributed by atoms with Crippen molar-refractivity contribution in [3.63, 3.8) is 0 Å². The van der Waals surface area contributed by atoms with E-state index in [0.717, 1.165) is 16.4 Å². The number of carbonyl (C=O) groups is 1. The summed E-state index contributed by atoms with van der Waals surface area (Å²) in [5, 5.41) is 17.1. The van der Waals surface area contributed by atoms with Crippen molar-refractivity contribution in [3.05, 3.63) is 105 Å². The van der Waals surface area contributed by atoms with Gasteiger partial charge in [-0.3, -0.25) is 19.2 Å². The lowest BCUT2D eigenvalue weighted by atomic mass is 10.1. The van der Waals surface area contributed by atoms with E-state index in [2.05, 4.69) is 10.1 Å². The first kappa shape index (κ1) is 23.3. The zero-order valence-corrected chi connectivity index (χ0v) is 20.3. The molecule has 0 unspecified atom stereocenters. The number of nitro benzene ring substituents is 1. The molecule has 0 saturated heterocycles. The maximum absolute atomic E-state index is 13.2. The molecule has 12 heteroatoms. The largest absolute Gasteiger partial charge is 0.287 e. The average molecular weight is 520 g/mol. The maximum Gasteiger partial charge on any atom is 0.269 e. The second kappa shape index (κ2) is 8.98. The number of aromatic nitrogens is 3. The lowest BCUT2D eigenvalue weighted by molar-refractivity contribution is -0.384. The Kier molecular flexibility index (Phi) is 5.82. The first-order valence-electron chi connectivity index (χ1n) is 10.5. The molecule has 0 aliphatic heterocycles. The van der Waals surface area contributed by atoms with Gasteiger partial charge in [-0.25, -0.2) is 17.9 Å². The van der Waals surface area contributed by atoms with Crippen molar-refractivity contribution in [1.29, 1.82) is 0 Å². The molecule has 10 nitrogen and oxygen atoms in total. The first-order valence-corrected chi connectivity index (χ1v) is 12.8. The summed E-state index contributed by atoms with van der Waals surface area (Å²) in [7, 11) is -2.57. The standard InChI is InChI=1S/C24H17N5O5S2/c1-27(36(33,34)19-9-7-17(8-10-19)29(31)32)18-5-2-4-16(14-18)21-11-12-25-24-20(15-26-28(21)24)23(30)22-6-3-13-35-22/h2-15H,1H3. The van der Waals surface area contributed by atoms with Gasteiger partial charge >= 0.3 is 0 Å². The molecule has 0 amide bonds. The predicted molar refractivity (Wildman–Crippen MR) is 135 cm³/mol. The number of nitrogens with zero attached hydrogens (tertiary/aromatic N) is 5. The van der Waals surface area contributed by atoms with Gasteiger partial charge in [0, 0.05) is 30.9 Å². The van der Waals surface area contributed by atoms with Crippen molar-refractivity contribution in [2.24, 2.45) is 0 Å². The van der Waals surface area contributed by atoms with E-state index < -0.39 is 14.9 Å². The highest BCUT2D eigenvalue weighted by atomic mass is 32.2. The number of hydrogen-bond acceptors (Lipinski definition) is 8. The lowest BCUT2D eigenvalue weighted by Crippen LogP contribution is -2.26. The fourth-order valence-corrected chi connectivity index (χ4v) is 5.57. The van der Waals surface area contributed by atoms with Crippen LogP contribution in [0.5, 0.6) is 0 Å². The number of rotatable bonds is 7. The molecule has 0 aliphatic rings. The lowest BCUT2D eigenvalue weighted by Gasteiger charge is -2.20. The Morgan fingerprint density at radius 1 is 1.08 bits per heavy atom. The van der Waals surface area contributed by atoms with Gasteiger partial charge in [0.05, 0.1) is 37.8 Å². The van der Waals surface area contributed by atoms with E-state index in [0.29, 0.717) is 33.0 Å². The highest BCUT2D eigenvalue weighted by Gasteiger charge is 2.23. The van der Waals surface area contributed by atoms with Crippen LogP contribution in [0, 0.1) is 10.1 Å². The van der Waals surface area contributed by atoms with Crippen molar-refractivity contribution < 1.29 is 18.1 Å². The zero-order chi connectivity index (χ0) is 25.4. The average Bonchev–Trinajstić information content (AvgIpc) is 3.58. The van der Waals surface area contributed by atoms with Crippen LogP contribution in [0.15, 0.2) is 89.4 Å². The number of fused-ring (bicyclic) bond motifs is 1. The number of non-ortho nitro benzene ring substituents is 1. The Morgan fingerprint density at radius 2 is 1.86 bits per heavy atom. The molecule has 0 bridgehead atoms. The van der Waals surface area contributed by atoms with Crippen LogP contribution in [0.2, 0.25) is 0 Å². The van der Waals surface area contributed by atoms with E-state index in [1.54, 1.807) is 53.2 Å². The quantitative estimate of drug-likeness (QED) is 0.177. The summed E-state index contributed by atoms with van der Waals surface area (Å²) in [6, 6.07) is 16.8. The number of ketones is 1. The summed E-state index contributed by atoms with van der Waals surface area (Å²) in [6.45, 7) is 0. The molecule has 0 N–H and O–H groups in total. The van der Waals surface area contributed by atoms with Gasteiger partial charge in [0.25, 0.3) is 15.7 Å². The zero-order valence-electron chi connectivity index (χ0n) is 18.7. The second-order valence-corrected chi connectivity index (χ2v) is 10.6. The minimum absolute atomic E-state index is 0.0730. The summed E-state index contributed by atoms with van der Waals surface area (Å²) in [5.74, 6) is -0.174. The molecule has 0 saturated carbocycles. The molecule has 0 radical (unpaired) electrons. The topological polar surface area (TPSA) is 128 Å². The summed E-state index contributed by atoms with van der Waals surface area (Å²) in [6.07, 6.45) is 3.05. The van der Waals surface area contributed by atoms with E-state index in [9.17, 15) is 23.3 Å². The molecule has 0 aliphatic carbocycles. The molecule has 36 heavy (non-hydrogen) atoms. The minimum atomic E-state index is -3.98. The van der Waals surface area contributed by atoms with Crippen LogP contribution in [0.3, 0.4) is 0 Å².